The first-order chi connectivity index (χ1) is 9.54. The summed E-state index contributed by atoms with van der Waals surface area (Å²) in [5, 5.41) is 6.80. The molecule has 1 fully saturated rings. The van der Waals surface area contributed by atoms with Gasteiger partial charge in [0.2, 0.25) is 20.8 Å². The monoisotopic (exact) mass is 299 g/mol. The van der Waals surface area contributed by atoms with Gasteiger partial charge in [0.1, 0.15) is 6.10 Å². The zero-order valence-electron chi connectivity index (χ0n) is 10.7. The van der Waals surface area contributed by atoms with Crippen LogP contribution in [0, 0.1) is 0 Å². The number of nitrogens with zero attached hydrogens (tertiary/aromatic N) is 2. The van der Waals surface area contributed by atoms with E-state index in [-0.39, 0.29) is 22.8 Å². The summed E-state index contributed by atoms with van der Waals surface area (Å²) in [6, 6.07) is 2.85. The van der Waals surface area contributed by atoms with Gasteiger partial charge in [-0.2, -0.15) is 4.98 Å². The van der Waals surface area contributed by atoms with Crippen LogP contribution in [0.4, 0.5) is 0 Å². The van der Waals surface area contributed by atoms with E-state index in [2.05, 4.69) is 15.5 Å². The highest BCUT2D eigenvalue weighted by Gasteiger charge is 2.24. The molecule has 0 spiro atoms. The molecule has 1 saturated heterocycles. The van der Waals surface area contributed by atoms with E-state index in [4.69, 9.17) is 13.7 Å². The number of aromatic nitrogens is 2. The average Bonchev–Trinajstić information content (AvgIpc) is 3.08. The summed E-state index contributed by atoms with van der Waals surface area (Å²) >= 11 is 0. The molecular weight excluding hydrogens is 286 g/mol. The summed E-state index contributed by atoms with van der Waals surface area (Å²) in [7, 11) is -3.39. The molecule has 0 saturated carbocycles. The maximum atomic E-state index is 11.3. The van der Waals surface area contributed by atoms with Crippen LogP contribution in [0.5, 0.6) is 0 Å². The minimum atomic E-state index is -3.39. The molecule has 2 aromatic rings. The van der Waals surface area contributed by atoms with Crippen molar-refractivity contribution in [3.63, 3.8) is 0 Å². The smallest absolute Gasteiger partial charge is 0.257 e. The van der Waals surface area contributed by atoms with Crippen molar-refractivity contribution in [1.82, 2.24) is 15.5 Å². The lowest BCUT2D eigenvalue weighted by Crippen LogP contribution is -2.33. The van der Waals surface area contributed by atoms with Crippen molar-refractivity contribution >= 4 is 9.84 Å². The number of morpholine rings is 1. The Hall–Kier alpha value is -1.71. The fraction of sp³-hybridized carbons (Fsp3) is 0.455. The van der Waals surface area contributed by atoms with Crippen LogP contribution < -0.4 is 5.32 Å². The van der Waals surface area contributed by atoms with Crippen LogP contribution in [0.2, 0.25) is 0 Å². The zero-order valence-corrected chi connectivity index (χ0v) is 11.5. The minimum Gasteiger partial charge on any atom is -0.441 e. The molecule has 9 heteroatoms. The van der Waals surface area contributed by atoms with Gasteiger partial charge in [-0.1, -0.05) is 5.16 Å². The van der Waals surface area contributed by atoms with Crippen molar-refractivity contribution in [2.45, 2.75) is 11.2 Å². The molecule has 1 N–H and O–H groups in total. The van der Waals surface area contributed by atoms with Crippen LogP contribution in [0.1, 0.15) is 12.0 Å². The normalized spacial score (nSPS) is 20.1. The standard InChI is InChI=1S/C11H13N3O5S/c1-20(15,16)9-3-2-7(18-9)10-13-11(19-14-10)8-6-12-4-5-17-8/h2-3,8,12H,4-6H2,1H3. The summed E-state index contributed by atoms with van der Waals surface area (Å²) < 4.78 is 38.5. The molecule has 0 aromatic carbocycles. The number of sulfone groups is 1. The largest absolute Gasteiger partial charge is 0.441 e. The van der Waals surface area contributed by atoms with E-state index in [0.29, 0.717) is 19.0 Å². The quantitative estimate of drug-likeness (QED) is 0.867. The number of hydrogen-bond donors (Lipinski definition) is 1. The van der Waals surface area contributed by atoms with Crippen molar-refractivity contribution in [2.24, 2.45) is 0 Å². The van der Waals surface area contributed by atoms with Crippen LogP contribution in [0.3, 0.4) is 0 Å². The number of hydrogen-bond acceptors (Lipinski definition) is 8. The van der Waals surface area contributed by atoms with Gasteiger partial charge in [-0.3, -0.25) is 0 Å². The maximum absolute atomic E-state index is 11.3. The van der Waals surface area contributed by atoms with Gasteiger partial charge in [0.25, 0.3) is 5.89 Å². The molecule has 8 nitrogen and oxygen atoms in total. The molecule has 20 heavy (non-hydrogen) atoms. The molecule has 1 atom stereocenters. The highest BCUT2D eigenvalue weighted by atomic mass is 32.2. The summed E-state index contributed by atoms with van der Waals surface area (Å²) in [5.41, 5.74) is 0. The van der Waals surface area contributed by atoms with Gasteiger partial charge in [0.05, 0.1) is 6.61 Å². The first kappa shape index (κ1) is 13.3. The second-order valence-corrected chi connectivity index (χ2v) is 6.36. The molecule has 0 amide bonds. The predicted molar refractivity (Wildman–Crippen MR) is 66.7 cm³/mol. The fourth-order valence-corrected chi connectivity index (χ4v) is 2.39. The van der Waals surface area contributed by atoms with Gasteiger partial charge in [-0.15, -0.1) is 0 Å². The third-order valence-corrected chi connectivity index (χ3v) is 3.76. The topological polar surface area (TPSA) is 107 Å². The van der Waals surface area contributed by atoms with Crippen molar-refractivity contribution in [1.29, 1.82) is 0 Å². The average molecular weight is 299 g/mol. The van der Waals surface area contributed by atoms with Gasteiger partial charge in [-0.05, 0) is 12.1 Å². The van der Waals surface area contributed by atoms with Crippen molar-refractivity contribution in [3.8, 4) is 11.6 Å². The molecule has 108 valence electrons. The predicted octanol–water partition coefficient (Wildman–Crippen LogP) is 0.394. The van der Waals surface area contributed by atoms with Gasteiger partial charge in [0.15, 0.2) is 5.76 Å². The van der Waals surface area contributed by atoms with Crippen molar-refractivity contribution in [3.05, 3.63) is 18.0 Å². The Balaban J connectivity index is 1.84. The number of nitrogens with one attached hydrogen (secondary N) is 1. The molecule has 1 unspecified atom stereocenters. The Morgan fingerprint density at radius 2 is 2.25 bits per heavy atom. The van der Waals surface area contributed by atoms with E-state index < -0.39 is 9.84 Å². The highest BCUT2D eigenvalue weighted by Crippen LogP contribution is 2.24. The maximum Gasteiger partial charge on any atom is 0.257 e. The van der Waals surface area contributed by atoms with Crippen LogP contribution in [0.15, 0.2) is 26.2 Å². The number of furan rings is 1. The lowest BCUT2D eigenvalue weighted by Gasteiger charge is -2.19. The molecule has 3 heterocycles. The minimum absolute atomic E-state index is 0.130. The van der Waals surface area contributed by atoms with E-state index in [1.165, 1.54) is 12.1 Å². The Morgan fingerprint density at radius 3 is 2.90 bits per heavy atom. The molecule has 0 radical (unpaired) electrons. The SMILES string of the molecule is CS(=O)(=O)c1ccc(-c2noc(C3CNCCO3)n2)o1. The Bertz CT molecular complexity index is 699. The fourth-order valence-electron chi connectivity index (χ4n) is 1.83. The van der Waals surface area contributed by atoms with E-state index in [1.54, 1.807) is 0 Å². The van der Waals surface area contributed by atoms with Gasteiger partial charge in [-0.25, -0.2) is 8.42 Å². The summed E-state index contributed by atoms with van der Waals surface area (Å²) in [4.78, 5) is 4.17. The van der Waals surface area contributed by atoms with Gasteiger partial charge >= 0.3 is 0 Å². The highest BCUT2D eigenvalue weighted by molar-refractivity contribution is 7.90. The summed E-state index contributed by atoms with van der Waals surface area (Å²) in [6.45, 7) is 1.95. The molecule has 3 rings (SSSR count). The van der Waals surface area contributed by atoms with Crippen LogP contribution in [-0.2, 0) is 14.6 Å². The van der Waals surface area contributed by atoms with E-state index in [9.17, 15) is 8.42 Å². The Morgan fingerprint density at radius 1 is 1.40 bits per heavy atom. The summed E-state index contributed by atoms with van der Waals surface area (Å²) in [5.74, 6) is 0.776. The molecule has 0 aliphatic carbocycles. The second kappa shape index (κ2) is 5.00. The van der Waals surface area contributed by atoms with Crippen LogP contribution in [-0.4, -0.2) is 44.5 Å². The third kappa shape index (κ3) is 2.60. The lowest BCUT2D eigenvalue weighted by molar-refractivity contribution is 0.00755. The van der Waals surface area contributed by atoms with E-state index in [0.717, 1.165) is 12.8 Å². The van der Waals surface area contributed by atoms with E-state index >= 15 is 0 Å². The Labute approximate surface area is 115 Å². The molecular formula is C11H13N3O5S. The number of rotatable bonds is 3. The lowest BCUT2D eigenvalue weighted by atomic mass is 10.3. The first-order valence-corrected chi connectivity index (χ1v) is 7.89. The molecule has 1 aliphatic heterocycles. The molecule has 1 aliphatic rings. The van der Waals surface area contributed by atoms with Gasteiger partial charge < -0.3 is 19.0 Å². The summed E-state index contributed by atoms with van der Waals surface area (Å²) in [6.07, 6.45) is 0.771. The second-order valence-electron chi connectivity index (χ2n) is 4.41. The molecule has 0 bridgehead atoms. The van der Waals surface area contributed by atoms with E-state index in [1.807, 2.05) is 0 Å². The first-order valence-electron chi connectivity index (χ1n) is 6.00. The van der Waals surface area contributed by atoms with Crippen LogP contribution in [0.25, 0.3) is 11.6 Å². The number of ether oxygens (including phenoxy) is 1. The Kier molecular flexibility index (Phi) is 3.32. The van der Waals surface area contributed by atoms with Crippen LogP contribution >= 0.6 is 0 Å². The van der Waals surface area contributed by atoms with Crippen molar-refractivity contribution in [2.75, 3.05) is 26.0 Å². The zero-order chi connectivity index (χ0) is 14.2. The third-order valence-electron chi connectivity index (χ3n) is 2.81. The molecule has 2 aromatic heterocycles. The van der Waals surface area contributed by atoms with Gasteiger partial charge in [0, 0.05) is 19.3 Å². The van der Waals surface area contributed by atoms with Crippen molar-refractivity contribution < 1.29 is 22.1 Å².